The van der Waals surface area contributed by atoms with E-state index in [1.54, 1.807) is 0 Å². The fourth-order valence-corrected chi connectivity index (χ4v) is 2.43. The fourth-order valence-electron chi connectivity index (χ4n) is 2.43. The summed E-state index contributed by atoms with van der Waals surface area (Å²) in [5.41, 5.74) is 1.84. The van der Waals surface area contributed by atoms with Gasteiger partial charge in [0.1, 0.15) is 0 Å². The van der Waals surface area contributed by atoms with Crippen molar-refractivity contribution in [1.82, 2.24) is 10.3 Å². The van der Waals surface area contributed by atoms with Crippen LogP contribution in [0.2, 0.25) is 0 Å². The third kappa shape index (κ3) is 2.43. The van der Waals surface area contributed by atoms with Crippen LogP contribution in [-0.2, 0) is 0 Å². The summed E-state index contributed by atoms with van der Waals surface area (Å²) < 4.78 is 0. The average molecular weight is 218 g/mol. The zero-order valence-electron chi connectivity index (χ0n) is 10.5. The molecule has 2 atom stereocenters. The average Bonchev–Trinajstić information content (AvgIpc) is 2.90. The number of pyridine rings is 1. The van der Waals surface area contributed by atoms with Crippen LogP contribution in [0.3, 0.4) is 0 Å². The highest BCUT2D eigenvalue weighted by Gasteiger charge is 2.50. The quantitative estimate of drug-likeness (QED) is 0.821. The Morgan fingerprint density at radius 1 is 1.56 bits per heavy atom. The zero-order valence-corrected chi connectivity index (χ0v) is 10.5. The predicted molar refractivity (Wildman–Crippen MR) is 67.2 cm³/mol. The summed E-state index contributed by atoms with van der Waals surface area (Å²) in [4.78, 5) is 4.23. The molecule has 0 spiro atoms. The van der Waals surface area contributed by atoms with Crippen molar-refractivity contribution in [3.05, 3.63) is 30.1 Å². The van der Waals surface area contributed by atoms with Crippen molar-refractivity contribution in [2.45, 2.75) is 39.7 Å². The summed E-state index contributed by atoms with van der Waals surface area (Å²) in [6.07, 6.45) is 6.35. The largest absolute Gasteiger partial charge is 0.310 e. The Hall–Kier alpha value is -0.890. The summed E-state index contributed by atoms with van der Waals surface area (Å²) in [5.74, 6) is 0.767. The van der Waals surface area contributed by atoms with Crippen LogP contribution in [0.4, 0.5) is 0 Å². The van der Waals surface area contributed by atoms with Crippen LogP contribution in [0.1, 0.15) is 45.2 Å². The summed E-state index contributed by atoms with van der Waals surface area (Å²) in [7, 11) is 0. The molecule has 1 heterocycles. The maximum atomic E-state index is 4.23. The van der Waals surface area contributed by atoms with Crippen molar-refractivity contribution in [2.24, 2.45) is 11.3 Å². The second-order valence-corrected chi connectivity index (χ2v) is 5.52. The van der Waals surface area contributed by atoms with Gasteiger partial charge in [-0.3, -0.25) is 4.98 Å². The fraction of sp³-hybridized carbons (Fsp3) is 0.643. The van der Waals surface area contributed by atoms with Crippen LogP contribution in [0.25, 0.3) is 0 Å². The topological polar surface area (TPSA) is 24.9 Å². The van der Waals surface area contributed by atoms with Crippen molar-refractivity contribution >= 4 is 0 Å². The van der Waals surface area contributed by atoms with Crippen LogP contribution < -0.4 is 5.32 Å². The smallest absolute Gasteiger partial charge is 0.0369 e. The van der Waals surface area contributed by atoms with E-state index in [9.17, 15) is 0 Å². The maximum Gasteiger partial charge on any atom is 0.0369 e. The Labute approximate surface area is 98.5 Å². The molecule has 1 aromatic heterocycles. The lowest BCUT2D eigenvalue weighted by Gasteiger charge is -2.20. The third-order valence-electron chi connectivity index (χ3n) is 3.65. The lowest BCUT2D eigenvalue weighted by Crippen LogP contribution is -2.25. The highest BCUT2D eigenvalue weighted by Crippen LogP contribution is 2.57. The minimum absolute atomic E-state index is 0.489. The summed E-state index contributed by atoms with van der Waals surface area (Å²) in [6.45, 7) is 8.01. The molecule has 2 nitrogen and oxygen atoms in total. The van der Waals surface area contributed by atoms with Gasteiger partial charge in [-0.1, -0.05) is 26.8 Å². The molecule has 1 saturated carbocycles. The van der Waals surface area contributed by atoms with Crippen molar-refractivity contribution < 1.29 is 0 Å². The molecule has 2 heteroatoms. The van der Waals surface area contributed by atoms with Crippen LogP contribution in [0.15, 0.2) is 24.5 Å². The standard InChI is InChI=1S/C14H22N2/c1-4-7-16-13(12-9-14(12,2)3)11-6-5-8-15-10-11/h5-6,8,10,12-13,16H,4,7,9H2,1-3H3. The van der Waals surface area contributed by atoms with E-state index in [2.05, 4.69) is 37.1 Å². The van der Waals surface area contributed by atoms with Gasteiger partial charge in [0.05, 0.1) is 0 Å². The molecule has 88 valence electrons. The van der Waals surface area contributed by atoms with E-state index < -0.39 is 0 Å². The number of rotatable bonds is 5. The second kappa shape index (κ2) is 4.54. The molecule has 16 heavy (non-hydrogen) atoms. The first-order valence-electron chi connectivity index (χ1n) is 6.28. The van der Waals surface area contributed by atoms with E-state index in [1.165, 1.54) is 18.4 Å². The molecule has 0 aromatic carbocycles. The van der Waals surface area contributed by atoms with Gasteiger partial charge in [-0.25, -0.2) is 0 Å². The predicted octanol–water partition coefficient (Wildman–Crippen LogP) is 3.17. The van der Waals surface area contributed by atoms with Crippen LogP contribution in [-0.4, -0.2) is 11.5 Å². The third-order valence-corrected chi connectivity index (χ3v) is 3.65. The lowest BCUT2D eigenvalue weighted by molar-refractivity contribution is 0.415. The van der Waals surface area contributed by atoms with Crippen LogP contribution >= 0.6 is 0 Å². The first-order chi connectivity index (χ1) is 7.65. The van der Waals surface area contributed by atoms with Crippen molar-refractivity contribution in [2.75, 3.05) is 6.54 Å². The Bertz CT molecular complexity index is 332. The molecule has 1 fully saturated rings. The number of hydrogen-bond donors (Lipinski definition) is 1. The normalized spacial score (nSPS) is 24.1. The maximum absolute atomic E-state index is 4.23. The molecule has 0 bridgehead atoms. The molecule has 1 aromatic rings. The molecule has 1 N–H and O–H groups in total. The SMILES string of the molecule is CCCNC(c1cccnc1)C1CC1(C)C. The van der Waals surface area contributed by atoms with E-state index in [4.69, 9.17) is 0 Å². The highest BCUT2D eigenvalue weighted by atomic mass is 14.9. The van der Waals surface area contributed by atoms with Crippen LogP contribution in [0.5, 0.6) is 0 Å². The van der Waals surface area contributed by atoms with Gasteiger partial charge < -0.3 is 5.32 Å². The zero-order chi connectivity index (χ0) is 11.6. The minimum Gasteiger partial charge on any atom is -0.310 e. The number of hydrogen-bond acceptors (Lipinski definition) is 2. The van der Waals surface area contributed by atoms with Crippen molar-refractivity contribution in [1.29, 1.82) is 0 Å². The van der Waals surface area contributed by atoms with Gasteiger partial charge in [-0.05, 0) is 42.3 Å². The Morgan fingerprint density at radius 2 is 2.31 bits per heavy atom. The molecular formula is C14H22N2. The first-order valence-corrected chi connectivity index (χ1v) is 6.28. The molecule has 0 saturated heterocycles. The summed E-state index contributed by atoms with van der Waals surface area (Å²) in [6, 6.07) is 4.71. The number of nitrogens with one attached hydrogen (secondary N) is 1. The van der Waals surface area contributed by atoms with Crippen molar-refractivity contribution in [3.63, 3.8) is 0 Å². The van der Waals surface area contributed by atoms with E-state index in [1.807, 2.05) is 18.5 Å². The summed E-state index contributed by atoms with van der Waals surface area (Å²) in [5, 5.41) is 3.66. The molecule has 0 radical (unpaired) electrons. The van der Waals surface area contributed by atoms with E-state index in [-0.39, 0.29) is 0 Å². The number of nitrogens with zero attached hydrogens (tertiary/aromatic N) is 1. The molecule has 0 aliphatic heterocycles. The van der Waals surface area contributed by atoms with Gasteiger partial charge in [-0.15, -0.1) is 0 Å². The van der Waals surface area contributed by atoms with Crippen molar-refractivity contribution in [3.8, 4) is 0 Å². The van der Waals surface area contributed by atoms with E-state index >= 15 is 0 Å². The molecule has 0 amide bonds. The molecule has 2 unspecified atom stereocenters. The molecular weight excluding hydrogens is 196 g/mol. The second-order valence-electron chi connectivity index (χ2n) is 5.52. The Kier molecular flexibility index (Phi) is 3.29. The van der Waals surface area contributed by atoms with Gasteiger partial charge in [0.15, 0.2) is 0 Å². The van der Waals surface area contributed by atoms with Gasteiger partial charge in [0.2, 0.25) is 0 Å². The summed E-state index contributed by atoms with van der Waals surface area (Å²) >= 11 is 0. The number of aromatic nitrogens is 1. The first kappa shape index (κ1) is 11.6. The molecule has 1 aliphatic carbocycles. The minimum atomic E-state index is 0.489. The molecule has 1 aliphatic rings. The monoisotopic (exact) mass is 218 g/mol. The van der Waals surface area contributed by atoms with Gasteiger partial charge in [0.25, 0.3) is 0 Å². The highest BCUT2D eigenvalue weighted by molar-refractivity contribution is 5.19. The Morgan fingerprint density at radius 3 is 2.81 bits per heavy atom. The Balaban J connectivity index is 2.10. The van der Waals surface area contributed by atoms with Gasteiger partial charge >= 0.3 is 0 Å². The lowest BCUT2D eigenvalue weighted by atomic mass is 9.98. The molecule has 2 rings (SSSR count). The van der Waals surface area contributed by atoms with Gasteiger partial charge in [-0.2, -0.15) is 0 Å². The van der Waals surface area contributed by atoms with E-state index in [0.29, 0.717) is 11.5 Å². The van der Waals surface area contributed by atoms with Crippen LogP contribution in [0, 0.1) is 11.3 Å². The van der Waals surface area contributed by atoms with Gasteiger partial charge in [0, 0.05) is 18.4 Å². The van der Waals surface area contributed by atoms with E-state index in [0.717, 1.165) is 12.5 Å².